The molecule has 3 atom stereocenters. The number of benzene rings is 1. The number of anilines is 1. The van der Waals surface area contributed by atoms with Crippen LogP contribution >= 0.6 is 0 Å². The minimum Gasteiger partial charge on any atom is -0.364 e. The van der Waals surface area contributed by atoms with Gasteiger partial charge in [0.05, 0.1) is 12.1 Å². The number of nitrogens with one attached hydrogen (secondary N) is 1. The minimum atomic E-state index is -0.272. The van der Waals surface area contributed by atoms with Crippen molar-refractivity contribution < 1.29 is 19.2 Å². The van der Waals surface area contributed by atoms with Crippen LogP contribution in [0.5, 0.6) is 0 Å². The highest BCUT2D eigenvalue weighted by molar-refractivity contribution is 6.21. The summed E-state index contributed by atoms with van der Waals surface area (Å²) < 4.78 is 5.72. The van der Waals surface area contributed by atoms with E-state index >= 15 is 0 Å². The Labute approximate surface area is 124 Å². The van der Waals surface area contributed by atoms with Crippen molar-refractivity contribution in [2.45, 2.75) is 38.5 Å². The number of hydrogen-bond donors (Lipinski definition) is 1. The summed E-state index contributed by atoms with van der Waals surface area (Å²) in [6, 6.07) is 8.90. The molecule has 112 valence electrons. The minimum absolute atomic E-state index is 0.0810. The Kier molecular flexibility index (Phi) is 3.78. The van der Waals surface area contributed by atoms with Crippen LogP contribution in [-0.2, 0) is 14.3 Å². The SMILES string of the molecule is CC1C[NH+](C2CC(=O)N(c3ccccc3)C2=O)CC(C)O1. The lowest BCUT2D eigenvalue weighted by Crippen LogP contribution is -3.19. The largest absolute Gasteiger partial charge is 0.364 e. The molecular weight excluding hydrogens is 268 g/mol. The van der Waals surface area contributed by atoms with Crippen molar-refractivity contribution in [3.05, 3.63) is 30.3 Å². The maximum atomic E-state index is 12.7. The molecule has 1 aromatic rings. The average Bonchev–Trinajstić information content (AvgIpc) is 2.74. The third-order valence-corrected chi connectivity index (χ3v) is 4.22. The van der Waals surface area contributed by atoms with E-state index in [0.29, 0.717) is 12.1 Å². The van der Waals surface area contributed by atoms with Crippen molar-refractivity contribution in [1.82, 2.24) is 0 Å². The molecule has 3 rings (SSSR count). The number of nitrogens with zero attached hydrogens (tertiary/aromatic N) is 1. The van der Waals surface area contributed by atoms with Crippen molar-refractivity contribution in [3.8, 4) is 0 Å². The predicted molar refractivity (Wildman–Crippen MR) is 78.0 cm³/mol. The number of hydrogen-bond acceptors (Lipinski definition) is 3. The monoisotopic (exact) mass is 289 g/mol. The number of ether oxygens (including phenoxy) is 1. The maximum Gasteiger partial charge on any atom is 0.292 e. The number of morpholine rings is 1. The van der Waals surface area contributed by atoms with E-state index in [1.54, 1.807) is 12.1 Å². The topological polar surface area (TPSA) is 51.0 Å². The highest BCUT2D eigenvalue weighted by Crippen LogP contribution is 2.21. The van der Waals surface area contributed by atoms with E-state index in [-0.39, 0.29) is 30.1 Å². The predicted octanol–water partition coefficient (Wildman–Crippen LogP) is 0.0106. The summed E-state index contributed by atoms with van der Waals surface area (Å²) in [5.41, 5.74) is 0.670. The third-order valence-electron chi connectivity index (χ3n) is 4.22. The summed E-state index contributed by atoms with van der Waals surface area (Å²) in [6.07, 6.45) is 0.539. The number of para-hydroxylation sites is 1. The molecule has 2 aliphatic rings. The molecule has 2 amide bonds. The van der Waals surface area contributed by atoms with Gasteiger partial charge < -0.3 is 9.64 Å². The van der Waals surface area contributed by atoms with Gasteiger partial charge in [-0.15, -0.1) is 0 Å². The van der Waals surface area contributed by atoms with E-state index in [2.05, 4.69) is 0 Å². The molecular formula is C16H21N2O3+. The Morgan fingerprint density at radius 2 is 1.71 bits per heavy atom. The third kappa shape index (κ3) is 2.71. The molecule has 0 aromatic heterocycles. The average molecular weight is 289 g/mol. The molecule has 0 aliphatic carbocycles. The van der Waals surface area contributed by atoms with Crippen molar-refractivity contribution in [3.63, 3.8) is 0 Å². The van der Waals surface area contributed by atoms with Crippen LogP contribution in [0.1, 0.15) is 20.3 Å². The lowest BCUT2D eigenvalue weighted by Gasteiger charge is -2.34. The van der Waals surface area contributed by atoms with Gasteiger partial charge in [0.25, 0.3) is 5.91 Å². The molecule has 1 N–H and O–H groups in total. The molecule has 0 radical (unpaired) electrons. The molecule has 1 aromatic carbocycles. The van der Waals surface area contributed by atoms with Crippen molar-refractivity contribution in [1.29, 1.82) is 0 Å². The fourth-order valence-corrected chi connectivity index (χ4v) is 3.40. The molecule has 3 unspecified atom stereocenters. The molecule has 5 heteroatoms. The highest BCUT2D eigenvalue weighted by atomic mass is 16.5. The van der Waals surface area contributed by atoms with E-state index in [1.807, 2.05) is 32.0 Å². The van der Waals surface area contributed by atoms with Crippen LogP contribution in [0.3, 0.4) is 0 Å². The first-order valence-electron chi connectivity index (χ1n) is 7.48. The fraction of sp³-hybridized carbons (Fsp3) is 0.500. The van der Waals surface area contributed by atoms with Gasteiger partial charge in [0.15, 0.2) is 6.04 Å². The van der Waals surface area contributed by atoms with Gasteiger partial charge in [-0.3, -0.25) is 9.59 Å². The second-order valence-corrected chi connectivity index (χ2v) is 5.98. The fourth-order valence-electron chi connectivity index (χ4n) is 3.40. The zero-order valence-corrected chi connectivity index (χ0v) is 12.4. The Morgan fingerprint density at radius 3 is 2.33 bits per heavy atom. The van der Waals surface area contributed by atoms with Crippen LogP contribution in [0.2, 0.25) is 0 Å². The van der Waals surface area contributed by atoms with Gasteiger partial charge in [0, 0.05) is 0 Å². The highest BCUT2D eigenvalue weighted by Gasteiger charge is 2.47. The Morgan fingerprint density at radius 1 is 1.10 bits per heavy atom. The molecule has 2 saturated heterocycles. The van der Waals surface area contributed by atoms with Gasteiger partial charge in [-0.1, -0.05) is 18.2 Å². The van der Waals surface area contributed by atoms with Gasteiger partial charge in [-0.25, -0.2) is 4.90 Å². The van der Waals surface area contributed by atoms with Crippen LogP contribution in [0.4, 0.5) is 5.69 Å². The molecule has 21 heavy (non-hydrogen) atoms. The smallest absolute Gasteiger partial charge is 0.292 e. The van der Waals surface area contributed by atoms with Gasteiger partial charge in [-0.05, 0) is 26.0 Å². The molecule has 2 aliphatic heterocycles. The Balaban J connectivity index is 1.80. The summed E-state index contributed by atoms with van der Waals surface area (Å²) in [7, 11) is 0. The van der Waals surface area contributed by atoms with Crippen molar-refractivity contribution >= 4 is 17.5 Å². The summed E-state index contributed by atoms with van der Waals surface area (Å²) in [5.74, 6) is -0.182. The second kappa shape index (κ2) is 5.58. The van der Waals surface area contributed by atoms with Crippen molar-refractivity contribution in [2.75, 3.05) is 18.0 Å². The van der Waals surface area contributed by atoms with Gasteiger partial charge in [0.2, 0.25) is 5.91 Å². The quantitative estimate of drug-likeness (QED) is 0.781. The summed E-state index contributed by atoms with van der Waals surface area (Å²) in [4.78, 5) is 27.4. The zero-order chi connectivity index (χ0) is 15.0. The van der Waals surface area contributed by atoms with E-state index in [0.717, 1.165) is 18.0 Å². The van der Waals surface area contributed by atoms with E-state index in [9.17, 15) is 9.59 Å². The van der Waals surface area contributed by atoms with Gasteiger partial charge in [-0.2, -0.15) is 0 Å². The number of rotatable bonds is 2. The number of imide groups is 1. The van der Waals surface area contributed by atoms with Gasteiger partial charge >= 0.3 is 0 Å². The molecule has 2 heterocycles. The molecule has 0 spiro atoms. The zero-order valence-electron chi connectivity index (χ0n) is 12.4. The van der Waals surface area contributed by atoms with Crippen molar-refractivity contribution in [2.24, 2.45) is 0 Å². The summed E-state index contributed by atoms with van der Waals surface area (Å²) >= 11 is 0. The summed E-state index contributed by atoms with van der Waals surface area (Å²) in [6.45, 7) is 5.59. The molecule has 5 nitrogen and oxygen atoms in total. The van der Waals surface area contributed by atoms with E-state index in [1.165, 1.54) is 4.90 Å². The van der Waals surface area contributed by atoms with Crippen LogP contribution < -0.4 is 9.80 Å². The van der Waals surface area contributed by atoms with Crippen LogP contribution in [0.25, 0.3) is 0 Å². The normalized spacial score (nSPS) is 33.5. The number of carbonyl (C=O) groups excluding carboxylic acids is 2. The Hall–Kier alpha value is -1.72. The summed E-state index contributed by atoms with van der Waals surface area (Å²) in [5, 5.41) is 0. The van der Waals surface area contributed by atoms with Crippen LogP contribution in [-0.4, -0.2) is 43.2 Å². The number of carbonyl (C=O) groups is 2. The first kappa shape index (κ1) is 14.2. The van der Waals surface area contributed by atoms with Crippen LogP contribution in [0.15, 0.2) is 30.3 Å². The Bertz CT molecular complexity index is 536. The molecule has 0 saturated carbocycles. The lowest BCUT2D eigenvalue weighted by atomic mass is 10.1. The lowest BCUT2D eigenvalue weighted by molar-refractivity contribution is -0.929. The van der Waals surface area contributed by atoms with Crippen LogP contribution in [0, 0.1) is 0 Å². The molecule has 2 fully saturated rings. The molecule has 0 bridgehead atoms. The standard InChI is InChI=1S/C16H20N2O3/c1-11-9-17(10-12(2)21-11)14-8-15(19)18(16(14)20)13-6-4-3-5-7-13/h3-7,11-12,14H,8-10H2,1-2H3/p+1. The number of amides is 2. The number of quaternary nitrogens is 1. The van der Waals surface area contributed by atoms with E-state index < -0.39 is 0 Å². The first-order chi connectivity index (χ1) is 10.1. The van der Waals surface area contributed by atoms with Gasteiger partial charge in [0.1, 0.15) is 25.3 Å². The first-order valence-corrected chi connectivity index (χ1v) is 7.48. The van der Waals surface area contributed by atoms with E-state index in [4.69, 9.17) is 4.74 Å². The second-order valence-electron chi connectivity index (χ2n) is 5.98. The maximum absolute atomic E-state index is 12.7.